The van der Waals surface area contributed by atoms with Gasteiger partial charge in [-0.2, -0.15) is 5.10 Å². The SMILES string of the molecule is O=C(NCCCn1cc(Cl)cn1)c1cccc(COc2ccccc2Cl)c1. The fraction of sp³-hybridized carbons (Fsp3) is 0.200. The van der Waals surface area contributed by atoms with Crippen molar-refractivity contribution in [3.63, 3.8) is 0 Å². The fourth-order valence-corrected chi connectivity index (χ4v) is 2.88. The molecule has 0 unspecified atom stereocenters. The van der Waals surface area contributed by atoms with Gasteiger partial charge in [-0.15, -0.1) is 0 Å². The molecule has 1 aromatic heterocycles. The zero-order valence-corrected chi connectivity index (χ0v) is 16.1. The van der Waals surface area contributed by atoms with E-state index >= 15 is 0 Å². The number of aryl methyl sites for hydroxylation is 1. The van der Waals surface area contributed by atoms with E-state index in [-0.39, 0.29) is 5.91 Å². The molecule has 0 aliphatic heterocycles. The van der Waals surface area contributed by atoms with Crippen LogP contribution in [0.5, 0.6) is 5.75 Å². The van der Waals surface area contributed by atoms with E-state index in [0.717, 1.165) is 12.0 Å². The second-order valence-electron chi connectivity index (χ2n) is 5.95. The number of rotatable bonds is 8. The van der Waals surface area contributed by atoms with Gasteiger partial charge in [0.25, 0.3) is 5.91 Å². The van der Waals surface area contributed by atoms with E-state index < -0.39 is 0 Å². The lowest BCUT2D eigenvalue weighted by Gasteiger charge is -2.10. The number of amides is 1. The van der Waals surface area contributed by atoms with E-state index in [0.29, 0.717) is 41.1 Å². The number of aromatic nitrogens is 2. The van der Waals surface area contributed by atoms with Crippen LogP contribution in [0.4, 0.5) is 0 Å². The normalized spacial score (nSPS) is 10.6. The largest absolute Gasteiger partial charge is 0.487 e. The third kappa shape index (κ3) is 5.74. The van der Waals surface area contributed by atoms with Crippen molar-refractivity contribution < 1.29 is 9.53 Å². The summed E-state index contributed by atoms with van der Waals surface area (Å²) in [7, 11) is 0. The highest BCUT2D eigenvalue weighted by Gasteiger charge is 2.07. The Bertz CT molecular complexity index is 912. The highest BCUT2D eigenvalue weighted by Crippen LogP contribution is 2.24. The van der Waals surface area contributed by atoms with Crippen LogP contribution in [0.25, 0.3) is 0 Å². The molecule has 3 rings (SSSR count). The molecule has 0 fully saturated rings. The van der Waals surface area contributed by atoms with Gasteiger partial charge in [-0.1, -0.05) is 47.5 Å². The topological polar surface area (TPSA) is 56.2 Å². The van der Waals surface area contributed by atoms with Crippen LogP contribution in [0, 0.1) is 0 Å². The Kier molecular flexibility index (Phi) is 6.74. The first-order chi connectivity index (χ1) is 13.1. The van der Waals surface area contributed by atoms with Crippen molar-refractivity contribution in [3.05, 3.63) is 82.1 Å². The van der Waals surface area contributed by atoms with Crippen LogP contribution >= 0.6 is 23.2 Å². The zero-order valence-electron chi connectivity index (χ0n) is 14.6. The molecule has 2 aromatic carbocycles. The molecule has 0 saturated heterocycles. The predicted octanol–water partition coefficient (Wildman–Crippen LogP) is 4.59. The number of carbonyl (C=O) groups excluding carboxylic acids is 1. The number of para-hydroxylation sites is 1. The molecule has 1 heterocycles. The third-order valence-electron chi connectivity index (χ3n) is 3.87. The summed E-state index contributed by atoms with van der Waals surface area (Å²) in [6, 6.07) is 14.6. The summed E-state index contributed by atoms with van der Waals surface area (Å²) in [4.78, 5) is 12.3. The molecule has 0 aliphatic carbocycles. The molecule has 5 nitrogen and oxygen atoms in total. The van der Waals surface area contributed by atoms with Gasteiger partial charge in [0.05, 0.1) is 16.2 Å². The summed E-state index contributed by atoms with van der Waals surface area (Å²) < 4.78 is 7.47. The number of nitrogens with zero attached hydrogens (tertiary/aromatic N) is 2. The molecule has 0 spiro atoms. The van der Waals surface area contributed by atoms with E-state index in [9.17, 15) is 4.79 Å². The average molecular weight is 404 g/mol. The Balaban J connectivity index is 1.48. The Morgan fingerprint density at radius 3 is 2.78 bits per heavy atom. The van der Waals surface area contributed by atoms with Crippen LogP contribution in [0.2, 0.25) is 10.0 Å². The van der Waals surface area contributed by atoms with E-state index in [1.165, 1.54) is 0 Å². The van der Waals surface area contributed by atoms with Crippen molar-refractivity contribution in [2.45, 2.75) is 19.6 Å². The minimum atomic E-state index is -0.118. The Morgan fingerprint density at radius 2 is 2.00 bits per heavy atom. The lowest BCUT2D eigenvalue weighted by atomic mass is 10.1. The Hall–Kier alpha value is -2.50. The zero-order chi connectivity index (χ0) is 19.1. The van der Waals surface area contributed by atoms with Crippen LogP contribution < -0.4 is 10.1 Å². The van der Waals surface area contributed by atoms with Gasteiger partial charge in [-0.25, -0.2) is 0 Å². The summed E-state index contributed by atoms with van der Waals surface area (Å²) in [6.45, 7) is 1.58. The van der Waals surface area contributed by atoms with Crippen LogP contribution in [0.1, 0.15) is 22.3 Å². The quantitative estimate of drug-likeness (QED) is 0.559. The molecule has 140 valence electrons. The van der Waals surface area contributed by atoms with E-state index in [1.54, 1.807) is 29.2 Å². The third-order valence-corrected chi connectivity index (χ3v) is 4.38. The second-order valence-corrected chi connectivity index (χ2v) is 6.79. The molecule has 0 saturated carbocycles. The number of nitrogens with one attached hydrogen (secondary N) is 1. The van der Waals surface area contributed by atoms with E-state index in [4.69, 9.17) is 27.9 Å². The monoisotopic (exact) mass is 403 g/mol. The van der Waals surface area contributed by atoms with E-state index in [1.807, 2.05) is 36.4 Å². The summed E-state index contributed by atoms with van der Waals surface area (Å²) in [5.74, 6) is 0.501. The smallest absolute Gasteiger partial charge is 0.251 e. The maximum atomic E-state index is 12.3. The fourth-order valence-electron chi connectivity index (χ4n) is 2.53. The van der Waals surface area contributed by atoms with Crippen molar-refractivity contribution in [1.29, 1.82) is 0 Å². The number of benzene rings is 2. The van der Waals surface area contributed by atoms with Crippen LogP contribution in [0.3, 0.4) is 0 Å². The molecule has 0 atom stereocenters. The van der Waals surface area contributed by atoms with Gasteiger partial charge in [-0.3, -0.25) is 9.48 Å². The molecule has 1 N–H and O–H groups in total. The van der Waals surface area contributed by atoms with Crippen molar-refractivity contribution in [2.24, 2.45) is 0 Å². The number of hydrogen-bond acceptors (Lipinski definition) is 3. The Labute approximate surface area is 167 Å². The summed E-state index contributed by atoms with van der Waals surface area (Å²) in [6.07, 6.45) is 4.11. The maximum absolute atomic E-state index is 12.3. The van der Waals surface area contributed by atoms with Gasteiger partial charge in [0, 0.05) is 24.8 Å². The predicted molar refractivity (Wildman–Crippen MR) is 106 cm³/mol. The van der Waals surface area contributed by atoms with Gasteiger partial charge >= 0.3 is 0 Å². The number of ether oxygens (including phenoxy) is 1. The van der Waals surface area contributed by atoms with Crippen molar-refractivity contribution in [1.82, 2.24) is 15.1 Å². The van der Waals surface area contributed by atoms with Gasteiger partial charge in [-0.05, 0) is 36.2 Å². The maximum Gasteiger partial charge on any atom is 0.251 e. The molecule has 7 heteroatoms. The highest BCUT2D eigenvalue weighted by atomic mass is 35.5. The first-order valence-electron chi connectivity index (χ1n) is 8.54. The number of hydrogen-bond donors (Lipinski definition) is 1. The minimum Gasteiger partial charge on any atom is -0.487 e. The van der Waals surface area contributed by atoms with Gasteiger partial charge in [0.2, 0.25) is 0 Å². The van der Waals surface area contributed by atoms with Gasteiger partial charge in [0.1, 0.15) is 12.4 Å². The average Bonchev–Trinajstić information content (AvgIpc) is 3.10. The molecule has 1 amide bonds. The molecule has 3 aromatic rings. The van der Waals surface area contributed by atoms with Crippen molar-refractivity contribution in [2.75, 3.05) is 6.54 Å². The first kappa shape index (κ1) is 19.3. The van der Waals surface area contributed by atoms with Gasteiger partial charge in [0.15, 0.2) is 0 Å². The first-order valence-corrected chi connectivity index (χ1v) is 9.30. The second kappa shape index (κ2) is 9.44. The van der Waals surface area contributed by atoms with Gasteiger partial charge < -0.3 is 10.1 Å². The lowest BCUT2D eigenvalue weighted by molar-refractivity contribution is 0.0952. The summed E-state index contributed by atoms with van der Waals surface area (Å²) >= 11 is 11.9. The van der Waals surface area contributed by atoms with Crippen LogP contribution in [-0.2, 0) is 13.2 Å². The number of halogens is 2. The molecular formula is C20H19Cl2N3O2. The summed E-state index contributed by atoms with van der Waals surface area (Å²) in [5.41, 5.74) is 1.49. The highest BCUT2D eigenvalue weighted by molar-refractivity contribution is 6.32. The minimum absolute atomic E-state index is 0.118. The molecule has 0 aliphatic rings. The Morgan fingerprint density at radius 1 is 1.15 bits per heavy atom. The molecular weight excluding hydrogens is 385 g/mol. The molecule has 0 bridgehead atoms. The lowest BCUT2D eigenvalue weighted by Crippen LogP contribution is -2.25. The van der Waals surface area contributed by atoms with Crippen molar-refractivity contribution in [3.8, 4) is 5.75 Å². The van der Waals surface area contributed by atoms with Crippen LogP contribution in [0.15, 0.2) is 60.9 Å². The van der Waals surface area contributed by atoms with Crippen molar-refractivity contribution >= 4 is 29.1 Å². The standard InChI is InChI=1S/C20H19Cl2N3O2/c21-17-12-24-25(13-17)10-4-9-23-20(26)16-6-3-5-15(11-16)14-27-19-8-2-1-7-18(19)22/h1-3,5-8,11-13H,4,9-10,14H2,(H,23,26). The molecule has 0 radical (unpaired) electrons. The number of carbonyl (C=O) groups is 1. The molecule has 27 heavy (non-hydrogen) atoms. The summed E-state index contributed by atoms with van der Waals surface area (Å²) in [5, 5.41) is 8.18. The van der Waals surface area contributed by atoms with Crippen LogP contribution in [-0.4, -0.2) is 22.2 Å². The van der Waals surface area contributed by atoms with E-state index in [2.05, 4.69) is 10.4 Å².